The minimum absolute atomic E-state index is 0.0605. The largest absolute Gasteiger partial charge is 0.496 e. The summed E-state index contributed by atoms with van der Waals surface area (Å²) in [6.07, 6.45) is 2.63. The number of nitro groups is 2. The number of ether oxygens (including phenoxy) is 2. The van der Waals surface area contributed by atoms with Crippen molar-refractivity contribution in [3.8, 4) is 23.6 Å². The summed E-state index contributed by atoms with van der Waals surface area (Å²) in [6, 6.07) is 9.44. The molecule has 1 N–H and O–H groups in total. The molecule has 298 valence electrons. The first-order chi connectivity index (χ1) is 25.7. The van der Waals surface area contributed by atoms with Crippen molar-refractivity contribution in [2.75, 3.05) is 53.6 Å². The second-order valence-corrected chi connectivity index (χ2v) is 18.5. The highest BCUT2D eigenvalue weighted by Crippen LogP contribution is 2.36. The van der Waals surface area contributed by atoms with Crippen molar-refractivity contribution >= 4 is 43.7 Å². The Morgan fingerprint density at radius 1 is 0.818 bits per heavy atom. The molecule has 2 rings (SSSR count). The first kappa shape index (κ1) is 47.4. The van der Waals surface area contributed by atoms with Crippen molar-refractivity contribution in [3.05, 3.63) is 77.9 Å². The quantitative estimate of drug-likeness (QED) is 0.0647. The lowest BCUT2D eigenvalue weighted by molar-refractivity contribution is -0.385. The van der Waals surface area contributed by atoms with Crippen molar-refractivity contribution in [3.63, 3.8) is 0 Å². The fourth-order valence-electron chi connectivity index (χ4n) is 4.87. The van der Waals surface area contributed by atoms with E-state index in [1.54, 1.807) is 37.8 Å². The number of benzene rings is 2. The highest BCUT2D eigenvalue weighted by molar-refractivity contribution is 6.74. The number of methoxy groups -OCH3 is 2. The number of hydrogen-bond acceptors (Lipinski definition) is 12. The standard InChI is InChI=1S/C22H33N3O5Si.C16H19N3O5/c1-9-24(10-11-30-31(7,8)22(3,4)5)21(26)18(15-23)12-17-13-19(25(27)28)16(2)20(14-17)29-6;1-4-18(5-6-20)16(21)13(10-17)7-12-8-14(19(22)23)11(2)15(9-12)24-3/h12-14H,9-11H2,1-8H3;7-9,20H,4-6H2,1-3H3/b18-12+;13-7+. The van der Waals surface area contributed by atoms with Gasteiger partial charge in [0.05, 0.1) is 48.4 Å². The van der Waals surface area contributed by atoms with E-state index < -0.39 is 30.0 Å². The third-order valence-corrected chi connectivity index (χ3v) is 13.7. The molecule has 0 spiro atoms. The van der Waals surface area contributed by atoms with E-state index in [4.69, 9.17) is 19.0 Å². The van der Waals surface area contributed by atoms with E-state index in [1.807, 2.05) is 13.0 Å². The highest BCUT2D eigenvalue weighted by atomic mass is 28.4. The van der Waals surface area contributed by atoms with Crippen LogP contribution in [0.2, 0.25) is 18.1 Å². The maximum absolute atomic E-state index is 12.9. The lowest BCUT2D eigenvalue weighted by Gasteiger charge is -2.36. The lowest BCUT2D eigenvalue weighted by Crippen LogP contribution is -2.43. The van der Waals surface area contributed by atoms with Crippen molar-refractivity contribution < 1.29 is 38.4 Å². The molecule has 0 aromatic heterocycles. The van der Waals surface area contributed by atoms with Crippen molar-refractivity contribution in [1.29, 1.82) is 10.5 Å². The molecule has 0 saturated heterocycles. The number of aliphatic hydroxyl groups excluding tert-OH is 1. The van der Waals surface area contributed by atoms with Crippen LogP contribution in [0.4, 0.5) is 11.4 Å². The van der Waals surface area contributed by atoms with E-state index in [2.05, 4.69) is 33.9 Å². The van der Waals surface area contributed by atoms with Gasteiger partial charge in [0.25, 0.3) is 23.2 Å². The van der Waals surface area contributed by atoms with Crippen LogP contribution >= 0.6 is 0 Å². The van der Waals surface area contributed by atoms with E-state index in [-0.39, 0.29) is 40.7 Å². The number of amides is 2. The van der Waals surface area contributed by atoms with E-state index in [9.17, 15) is 40.3 Å². The minimum atomic E-state index is -1.94. The highest BCUT2D eigenvalue weighted by Gasteiger charge is 2.37. The normalized spacial score (nSPS) is 11.7. The number of aliphatic hydroxyl groups is 1. The average molecular weight is 781 g/mol. The van der Waals surface area contributed by atoms with Gasteiger partial charge in [-0.1, -0.05) is 20.8 Å². The molecular weight excluding hydrogens is 729 g/mol. The van der Waals surface area contributed by atoms with Gasteiger partial charge in [-0.2, -0.15) is 10.5 Å². The summed E-state index contributed by atoms with van der Waals surface area (Å²) in [5.41, 5.74) is 0.840. The number of likely N-dealkylation sites (N-methyl/N-ethyl adjacent to an activating group) is 2. The molecule has 2 aromatic carbocycles. The molecule has 0 bridgehead atoms. The van der Waals surface area contributed by atoms with Gasteiger partial charge < -0.3 is 28.8 Å². The Hall–Kier alpha value is -5.62. The minimum Gasteiger partial charge on any atom is -0.496 e. The molecule has 0 unspecified atom stereocenters. The topological polar surface area (TPSA) is 222 Å². The van der Waals surface area contributed by atoms with Crippen LogP contribution in [0.3, 0.4) is 0 Å². The van der Waals surface area contributed by atoms with Crippen molar-refractivity contribution in [2.24, 2.45) is 0 Å². The predicted octanol–water partition coefficient (Wildman–Crippen LogP) is 6.35. The van der Waals surface area contributed by atoms with Crippen LogP contribution in [0.25, 0.3) is 12.2 Å². The molecule has 0 aliphatic carbocycles. The first-order valence-corrected chi connectivity index (χ1v) is 20.3. The molecule has 0 radical (unpaired) electrons. The Morgan fingerprint density at radius 3 is 1.49 bits per heavy atom. The van der Waals surface area contributed by atoms with Crippen LogP contribution in [0.15, 0.2) is 35.4 Å². The zero-order valence-electron chi connectivity index (χ0n) is 33.5. The van der Waals surface area contributed by atoms with Gasteiger partial charge >= 0.3 is 0 Å². The number of hydrogen-bond donors (Lipinski definition) is 1. The molecule has 0 heterocycles. The number of nitro benzene ring substituents is 2. The van der Waals surface area contributed by atoms with Gasteiger partial charge in [0, 0.05) is 38.3 Å². The molecule has 0 saturated carbocycles. The Kier molecular flexibility index (Phi) is 18.4. The van der Waals surface area contributed by atoms with Gasteiger partial charge in [0.1, 0.15) is 34.8 Å². The zero-order chi connectivity index (χ0) is 42.3. The van der Waals surface area contributed by atoms with E-state index in [1.165, 1.54) is 49.5 Å². The lowest BCUT2D eigenvalue weighted by atomic mass is 10.1. The van der Waals surface area contributed by atoms with E-state index in [0.717, 1.165) is 0 Å². The van der Waals surface area contributed by atoms with Gasteiger partial charge in [-0.3, -0.25) is 29.8 Å². The summed E-state index contributed by atoms with van der Waals surface area (Å²) in [5.74, 6) is -0.370. The Morgan fingerprint density at radius 2 is 1.20 bits per heavy atom. The first-order valence-electron chi connectivity index (χ1n) is 17.4. The maximum atomic E-state index is 12.9. The molecule has 55 heavy (non-hydrogen) atoms. The Bertz CT molecular complexity index is 1870. The second-order valence-electron chi connectivity index (χ2n) is 13.7. The van der Waals surface area contributed by atoms with Crippen LogP contribution in [-0.4, -0.2) is 98.5 Å². The van der Waals surface area contributed by atoms with Crippen LogP contribution in [-0.2, 0) is 14.0 Å². The van der Waals surface area contributed by atoms with E-state index >= 15 is 0 Å². The van der Waals surface area contributed by atoms with Crippen LogP contribution in [0.5, 0.6) is 11.5 Å². The summed E-state index contributed by atoms with van der Waals surface area (Å²) in [7, 11) is 0.855. The second kappa shape index (κ2) is 21.3. The molecule has 0 aliphatic heterocycles. The molecule has 0 fully saturated rings. The fourth-order valence-corrected chi connectivity index (χ4v) is 5.90. The number of nitriles is 2. The molecule has 2 amide bonds. The summed E-state index contributed by atoms with van der Waals surface area (Å²) in [5, 5.41) is 50.3. The van der Waals surface area contributed by atoms with Gasteiger partial charge in [-0.25, -0.2) is 0 Å². The molecule has 16 nitrogen and oxygen atoms in total. The van der Waals surface area contributed by atoms with Crippen LogP contribution < -0.4 is 9.47 Å². The average Bonchev–Trinajstić information content (AvgIpc) is 3.13. The van der Waals surface area contributed by atoms with Gasteiger partial charge in [0.15, 0.2) is 8.32 Å². The smallest absolute Gasteiger partial charge is 0.276 e. The van der Waals surface area contributed by atoms with Gasteiger partial charge in [-0.15, -0.1) is 0 Å². The SMILES string of the molecule is CCN(CCO)C(=O)/C(C#N)=C/c1cc(OC)c(C)c([N+](=O)[O-])c1.CCN(CCO[Si](C)(C)C(C)(C)C)C(=O)/C(C#N)=C/c1cc(OC)c(C)c([N+](=O)[O-])c1. The molecular formula is C38H52N6O10Si. The summed E-state index contributed by atoms with van der Waals surface area (Å²) >= 11 is 0. The molecule has 2 aromatic rings. The summed E-state index contributed by atoms with van der Waals surface area (Å²) in [6.45, 7) is 18.8. The third kappa shape index (κ3) is 13.0. The molecule has 17 heteroatoms. The van der Waals surface area contributed by atoms with Crippen LogP contribution in [0.1, 0.15) is 56.9 Å². The number of carbonyl (C=O) groups excluding carboxylic acids is 2. The fraction of sp³-hybridized carbons (Fsp3) is 0.474. The van der Waals surface area contributed by atoms with E-state index in [0.29, 0.717) is 60.0 Å². The monoisotopic (exact) mass is 780 g/mol. The van der Waals surface area contributed by atoms with Crippen molar-refractivity contribution in [2.45, 2.75) is 66.6 Å². The predicted molar refractivity (Wildman–Crippen MR) is 211 cm³/mol. The summed E-state index contributed by atoms with van der Waals surface area (Å²) < 4.78 is 16.5. The van der Waals surface area contributed by atoms with Crippen LogP contribution in [0, 0.1) is 56.7 Å². The number of carbonyl (C=O) groups is 2. The molecule has 0 atom stereocenters. The third-order valence-electron chi connectivity index (χ3n) is 9.20. The van der Waals surface area contributed by atoms with Gasteiger partial charge in [0.2, 0.25) is 0 Å². The Labute approximate surface area is 323 Å². The van der Waals surface area contributed by atoms with Crippen molar-refractivity contribution in [1.82, 2.24) is 9.80 Å². The Balaban J connectivity index is 0.000000568. The maximum Gasteiger partial charge on any atom is 0.276 e. The number of nitrogens with zero attached hydrogens (tertiary/aromatic N) is 6. The van der Waals surface area contributed by atoms with Gasteiger partial charge in [-0.05, 0) is 81.2 Å². The number of rotatable bonds is 16. The zero-order valence-corrected chi connectivity index (χ0v) is 34.5. The summed E-state index contributed by atoms with van der Waals surface area (Å²) in [4.78, 5) is 49.5. The molecule has 0 aliphatic rings.